The molecule has 3 rings (SSSR count). The van der Waals surface area contributed by atoms with Gasteiger partial charge in [0.05, 0.1) is 26.2 Å². The summed E-state index contributed by atoms with van der Waals surface area (Å²) in [6.07, 6.45) is -3.70. The van der Waals surface area contributed by atoms with Crippen LogP contribution in [-0.2, 0) is 6.42 Å². The van der Waals surface area contributed by atoms with Gasteiger partial charge in [-0.25, -0.2) is 4.79 Å². The third-order valence-corrected chi connectivity index (χ3v) is 7.37. The summed E-state index contributed by atoms with van der Waals surface area (Å²) in [5, 5.41) is 11.7. The van der Waals surface area contributed by atoms with E-state index in [9.17, 15) is 22.8 Å². The fourth-order valence-corrected chi connectivity index (χ4v) is 4.88. The van der Waals surface area contributed by atoms with Crippen molar-refractivity contribution in [2.24, 2.45) is 0 Å². The Morgan fingerprint density at radius 2 is 1.71 bits per heavy atom. The average Bonchev–Trinajstić information content (AvgIpc) is 2.77. The highest BCUT2D eigenvalue weighted by atomic mass is 79.9. The highest BCUT2D eigenvalue weighted by Gasteiger charge is 2.35. The first-order chi connectivity index (χ1) is 16.4. The van der Waals surface area contributed by atoms with Gasteiger partial charge in [-0.2, -0.15) is 13.2 Å². The van der Waals surface area contributed by atoms with Crippen molar-refractivity contribution in [2.45, 2.75) is 31.5 Å². The van der Waals surface area contributed by atoms with Crippen LogP contribution in [0.4, 0.5) is 18.0 Å². The zero-order valence-electron chi connectivity index (χ0n) is 17.9. The van der Waals surface area contributed by atoms with Gasteiger partial charge in [0.2, 0.25) is 0 Å². The number of likely N-dealkylation sites (tertiary alicyclic amines) is 1. The van der Waals surface area contributed by atoms with Crippen LogP contribution < -0.4 is 5.32 Å². The predicted octanol–water partition coefficient (Wildman–Crippen LogP) is 7.47. The number of nitrogens with zero attached hydrogens (tertiary/aromatic N) is 1. The topological polar surface area (TPSA) is 69.6 Å². The first kappa shape index (κ1) is 27.6. The summed E-state index contributed by atoms with van der Waals surface area (Å²) >= 11 is 21.0. The van der Waals surface area contributed by atoms with Gasteiger partial charge in [-0.3, -0.25) is 4.79 Å². The number of carbonyl (C=O) groups excluding carboxylic acids is 1. The zero-order chi connectivity index (χ0) is 25.9. The van der Waals surface area contributed by atoms with Crippen molar-refractivity contribution in [3.8, 4) is 0 Å². The van der Waals surface area contributed by atoms with Gasteiger partial charge in [0.1, 0.15) is 0 Å². The predicted molar refractivity (Wildman–Crippen MR) is 133 cm³/mol. The lowest BCUT2D eigenvalue weighted by molar-refractivity contribution is -0.0690. The molecule has 1 aliphatic heterocycles. The van der Waals surface area contributed by atoms with Gasteiger partial charge in [-0.1, -0.05) is 46.9 Å². The molecule has 0 aromatic heterocycles. The van der Waals surface area contributed by atoms with Crippen molar-refractivity contribution in [1.82, 2.24) is 10.2 Å². The van der Waals surface area contributed by atoms with E-state index in [1.54, 1.807) is 12.1 Å². The lowest BCUT2D eigenvalue weighted by Gasteiger charge is -2.30. The fourth-order valence-electron chi connectivity index (χ4n) is 3.68. The number of nitrogens with one attached hydrogen (secondary N) is 1. The van der Waals surface area contributed by atoms with Crippen LogP contribution in [0.25, 0.3) is 5.57 Å². The lowest BCUT2D eigenvalue weighted by atomic mass is 10.0. The molecule has 0 spiro atoms. The number of allylic oxidation sites excluding steroid dienone is 2. The van der Waals surface area contributed by atoms with Gasteiger partial charge in [0.15, 0.2) is 0 Å². The molecule has 1 saturated heterocycles. The van der Waals surface area contributed by atoms with Gasteiger partial charge in [-0.05, 0) is 70.6 Å². The number of rotatable bonds is 5. The van der Waals surface area contributed by atoms with E-state index >= 15 is 0 Å². The Labute approximate surface area is 223 Å². The zero-order valence-corrected chi connectivity index (χ0v) is 21.8. The van der Waals surface area contributed by atoms with Gasteiger partial charge in [0, 0.05) is 23.6 Å². The summed E-state index contributed by atoms with van der Waals surface area (Å²) < 4.78 is 41.6. The first-order valence-corrected chi connectivity index (χ1v) is 12.3. The van der Waals surface area contributed by atoms with Crippen LogP contribution in [0.1, 0.15) is 34.3 Å². The smallest absolute Gasteiger partial charge is 0.416 e. The largest absolute Gasteiger partial charge is 0.465 e. The normalized spacial score (nSPS) is 15.3. The number of hydrogen-bond acceptors (Lipinski definition) is 2. The molecule has 0 aliphatic carbocycles. The average molecular weight is 615 g/mol. The maximum atomic E-state index is 13.7. The van der Waals surface area contributed by atoms with Crippen molar-refractivity contribution in [3.63, 3.8) is 0 Å². The van der Waals surface area contributed by atoms with E-state index in [4.69, 9.17) is 39.9 Å². The summed E-state index contributed by atoms with van der Waals surface area (Å²) in [5.41, 5.74) is -0.258. The molecule has 188 valence electrons. The first-order valence-electron chi connectivity index (χ1n) is 10.4. The fraction of sp³-hybridized carbons (Fsp3) is 0.304. The quantitative estimate of drug-likeness (QED) is 0.344. The molecular weight excluding hydrogens is 596 g/mol. The van der Waals surface area contributed by atoms with Crippen LogP contribution in [-0.4, -0.2) is 47.3 Å². The monoisotopic (exact) mass is 612 g/mol. The van der Waals surface area contributed by atoms with E-state index in [0.717, 1.165) is 18.2 Å². The third-order valence-electron chi connectivity index (χ3n) is 5.52. The number of carbonyl (C=O) groups is 2. The number of piperidine rings is 1. The van der Waals surface area contributed by atoms with Gasteiger partial charge in [-0.15, -0.1) is 0 Å². The summed E-state index contributed by atoms with van der Waals surface area (Å²) in [5.74, 6) is -0.353. The Hall–Kier alpha value is -1.94. The Kier molecular flexibility index (Phi) is 9.01. The van der Waals surface area contributed by atoms with Gasteiger partial charge >= 0.3 is 12.3 Å². The minimum Gasteiger partial charge on any atom is -0.465 e. The standard InChI is InChI=1S/C23H19BrCl3F3N2O3/c24-17-9-12(1-3-15(17)21(33)31-14-5-7-32(8-6-14)22(34)35)2-4-16(23(28,29)30)13-10-18(25)20(27)19(26)11-13/h1,3-4,9-11,14H,2,5-8H2,(H,31,33)(H,34,35). The Morgan fingerprint density at radius 1 is 1.11 bits per heavy atom. The molecule has 2 aromatic rings. The van der Waals surface area contributed by atoms with E-state index in [1.165, 1.54) is 11.0 Å². The SMILES string of the molecule is O=C(NC1CCN(C(=O)O)CC1)c1ccc(CC=C(c2cc(Cl)c(Cl)c(Cl)c2)C(F)(F)F)cc1Br. The van der Waals surface area contributed by atoms with E-state index < -0.39 is 17.8 Å². The molecule has 35 heavy (non-hydrogen) atoms. The van der Waals surface area contributed by atoms with Crippen molar-refractivity contribution in [3.05, 3.63) is 72.6 Å². The molecule has 0 radical (unpaired) electrons. The molecule has 0 unspecified atom stereocenters. The van der Waals surface area contributed by atoms with Crippen molar-refractivity contribution in [2.75, 3.05) is 13.1 Å². The summed E-state index contributed by atoms with van der Waals surface area (Å²) in [7, 11) is 0. The number of amides is 2. The second-order valence-corrected chi connectivity index (χ2v) is 9.95. The van der Waals surface area contributed by atoms with Gasteiger partial charge in [0.25, 0.3) is 5.91 Å². The molecule has 1 heterocycles. The molecule has 5 nitrogen and oxygen atoms in total. The molecule has 0 bridgehead atoms. The van der Waals surface area contributed by atoms with E-state index in [-0.39, 0.29) is 39.0 Å². The molecule has 0 atom stereocenters. The van der Waals surface area contributed by atoms with Crippen LogP contribution in [0.15, 0.2) is 40.9 Å². The number of hydrogen-bond donors (Lipinski definition) is 2. The molecule has 2 amide bonds. The summed E-state index contributed by atoms with van der Waals surface area (Å²) in [4.78, 5) is 25.0. The van der Waals surface area contributed by atoms with Gasteiger partial charge < -0.3 is 15.3 Å². The highest BCUT2D eigenvalue weighted by Crippen LogP contribution is 2.39. The second-order valence-electron chi connectivity index (χ2n) is 7.91. The van der Waals surface area contributed by atoms with Crippen molar-refractivity contribution >= 4 is 68.3 Å². The minimum atomic E-state index is -4.66. The van der Waals surface area contributed by atoms with E-state index in [0.29, 0.717) is 41.5 Å². The second kappa shape index (κ2) is 11.4. The van der Waals surface area contributed by atoms with E-state index in [1.807, 2.05) is 0 Å². The Bertz CT molecular complexity index is 1140. The molecule has 1 aliphatic rings. The van der Waals surface area contributed by atoms with Crippen molar-refractivity contribution < 1.29 is 27.9 Å². The maximum absolute atomic E-state index is 13.7. The Morgan fingerprint density at radius 3 is 2.23 bits per heavy atom. The highest BCUT2D eigenvalue weighted by molar-refractivity contribution is 9.10. The number of alkyl halides is 3. The van der Waals surface area contributed by atoms with Crippen molar-refractivity contribution in [1.29, 1.82) is 0 Å². The number of carboxylic acid groups (broad SMARTS) is 1. The molecule has 2 aromatic carbocycles. The van der Waals surface area contributed by atoms with Crippen LogP contribution in [0.3, 0.4) is 0 Å². The Balaban J connectivity index is 1.74. The molecule has 0 saturated carbocycles. The lowest BCUT2D eigenvalue weighted by Crippen LogP contribution is -2.46. The number of benzene rings is 2. The minimum absolute atomic E-state index is 0.0242. The summed E-state index contributed by atoms with van der Waals surface area (Å²) in [6.45, 7) is 0.663. The van der Waals surface area contributed by atoms with E-state index in [2.05, 4.69) is 21.2 Å². The molecule has 2 N–H and O–H groups in total. The van der Waals surface area contributed by atoms with Crippen LogP contribution in [0, 0.1) is 0 Å². The maximum Gasteiger partial charge on any atom is 0.416 e. The molecular formula is C23H19BrCl3F3N2O3. The molecule has 1 fully saturated rings. The van der Waals surface area contributed by atoms with Crippen LogP contribution in [0.5, 0.6) is 0 Å². The third kappa shape index (κ3) is 7.06. The number of halogens is 7. The van der Waals surface area contributed by atoms with Crippen LogP contribution >= 0.6 is 50.7 Å². The van der Waals surface area contributed by atoms with Crippen LogP contribution in [0.2, 0.25) is 15.1 Å². The summed E-state index contributed by atoms with van der Waals surface area (Å²) in [6, 6.07) is 6.73. The molecule has 12 heteroatoms.